The maximum absolute atomic E-state index is 13.5. The molecule has 2 heterocycles. The van der Waals surface area contributed by atoms with Crippen LogP contribution in [0.2, 0.25) is 0 Å². The Morgan fingerprint density at radius 3 is 2.69 bits per heavy atom. The third-order valence-corrected chi connectivity index (χ3v) is 4.98. The maximum atomic E-state index is 13.5. The predicted molar refractivity (Wildman–Crippen MR) is 95.0 cm³/mol. The molecule has 2 aliphatic rings. The van der Waals surface area contributed by atoms with Gasteiger partial charge < -0.3 is 15.0 Å². The first kappa shape index (κ1) is 18.8. The molecule has 0 radical (unpaired) electrons. The number of benzene rings is 1. The zero-order valence-corrected chi connectivity index (χ0v) is 15.2. The average molecular weight is 363 g/mol. The van der Waals surface area contributed by atoms with Gasteiger partial charge in [0.15, 0.2) is 0 Å². The zero-order valence-electron chi connectivity index (χ0n) is 15.2. The Hall–Kier alpha value is -1.99. The first-order valence-corrected chi connectivity index (χ1v) is 9.17. The molecule has 26 heavy (non-hydrogen) atoms. The van der Waals surface area contributed by atoms with E-state index in [4.69, 9.17) is 4.74 Å². The van der Waals surface area contributed by atoms with E-state index in [0.717, 1.165) is 18.4 Å². The van der Waals surface area contributed by atoms with Gasteiger partial charge in [0.25, 0.3) is 5.91 Å². The molecule has 142 valence electrons. The first-order chi connectivity index (χ1) is 12.5. The van der Waals surface area contributed by atoms with Crippen LogP contribution in [0.5, 0.6) is 0 Å². The van der Waals surface area contributed by atoms with Gasteiger partial charge in [-0.25, -0.2) is 4.39 Å². The van der Waals surface area contributed by atoms with Crippen LogP contribution in [-0.4, -0.2) is 67.0 Å². The number of nitrogens with zero attached hydrogens (tertiary/aromatic N) is 2. The number of aryl methyl sites for hydroxylation is 1. The summed E-state index contributed by atoms with van der Waals surface area (Å²) in [5.41, 5.74) is 1.34. The summed E-state index contributed by atoms with van der Waals surface area (Å²) in [4.78, 5) is 28.3. The predicted octanol–water partition coefficient (Wildman–Crippen LogP) is 1.07. The molecule has 1 atom stereocenters. The molecule has 3 rings (SSSR count). The Morgan fingerprint density at radius 1 is 1.27 bits per heavy atom. The highest BCUT2D eigenvalue weighted by molar-refractivity contribution is 5.81. The number of piperazine rings is 1. The molecule has 0 spiro atoms. The second kappa shape index (κ2) is 8.60. The Labute approximate surface area is 153 Å². The third kappa shape index (κ3) is 4.80. The van der Waals surface area contributed by atoms with Gasteiger partial charge in [0.2, 0.25) is 5.91 Å². The molecule has 1 aromatic carbocycles. The van der Waals surface area contributed by atoms with Crippen molar-refractivity contribution in [2.45, 2.75) is 32.4 Å². The molecule has 1 aromatic rings. The van der Waals surface area contributed by atoms with Crippen molar-refractivity contribution in [1.82, 2.24) is 15.1 Å². The molecule has 2 amide bonds. The molecule has 1 unspecified atom stereocenters. The fraction of sp³-hybridized carbons (Fsp3) is 0.579. The molecule has 1 N–H and O–H groups in total. The molecule has 2 aliphatic heterocycles. The van der Waals surface area contributed by atoms with E-state index in [0.29, 0.717) is 44.9 Å². The van der Waals surface area contributed by atoms with E-state index >= 15 is 0 Å². The SMILES string of the molecule is Cc1ccc(CNC(=O)CN2CCN(C(=O)C3CCCO3)CC2)cc1F. The highest BCUT2D eigenvalue weighted by Crippen LogP contribution is 2.16. The molecular weight excluding hydrogens is 337 g/mol. The number of hydrogen-bond acceptors (Lipinski definition) is 4. The number of carbonyl (C=O) groups excluding carboxylic acids is 2. The summed E-state index contributed by atoms with van der Waals surface area (Å²) in [5.74, 6) is -0.276. The van der Waals surface area contributed by atoms with Crippen molar-refractivity contribution in [2.24, 2.45) is 0 Å². The minimum absolute atomic E-state index is 0.0769. The summed E-state index contributed by atoms with van der Waals surface area (Å²) < 4.78 is 19.0. The van der Waals surface area contributed by atoms with Gasteiger partial charge in [-0.2, -0.15) is 0 Å². The number of ether oxygens (including phenoxy) is 1. The molecule has 7 heteroatoms. The minimum Gasteiger partial charge on any atom is -0.368 e. The van der Waals surface area contributed by atoms with E-state index in [1.165, 1.54) is 6.07 Å². The monoisotopic (exact) mass is 363 g/mol. The topological polar surface area (TPSA) is 61.9 Å². The van der Waals surface area contributed by atoms with Crippen molar-refractivity contribution in [1.29, 1.82) is 0 Å². The zero-order chi connectivity index (χ0) is 18.5. The van der Waals surface area contributed by atoms with Gasteiger partial charge in [-0.3, -0.25) is 14.5 Å². The molecule has 2 saturated heterocycles. The number of hydrogen-bond donors (Lipinski definition) is 1. The molecule has 0 aromatic heterocycles. The van der Waals surface area contributed by atoms with E-state index in [-0.39, 0.29) is 30.3 Å². The normalized spacial score (nSPS) is 21.0. The number of rotatable bonds is 5. The van der Waals surface area contributed by atoms with Gasteiger partial charge in [-0.15, -0.1) is 0 Å². The van der Waals surface area contributed by atoms with E-state index in [2.05, 4.69) is 5.32 Å². The van der Waals surface area contributed by atoms with E-state index in [9.17, 15) is 14.0 Å². The van der Waals surface area contributed by atoms with E-state index < -0.39 is 0 Å². The Balaban J connectivity index is 1.39. The van der Waals surface area contributed by atoms with Gasteiger partial charge >= 0.3 is 0 Å². The van der Waals surface area contributed by atoms with Crippen LogP contribution in [0.4, 0.5) is 4.39 Å². The summed E-state index contributed by atoms with van der Waals surface area (Å²) >= 11 is 0. The summed E-state index contributed by atoms with van der Waals surface area (Å²) in [6, 6.07) is 4.97. The number of halogens is 1. The lowest BCUT2D eigenvalue weighted by molar-refractivity contribution is -0.142. The Bertz CT molecular complexity index is 653. The van der Waals surface area contributed by atoms with E-state index in [1.54, 1.807) is 13.0 Å². The fourth-order valence-corrected chi connectivity index (χ4v) is 3.31. The lowest BCUT2D eigenvalue weighted by Crippen LogP contribution is -2.53. The Morgan fingerprint density at radius 2 is 2.04 bits per heavy atom. The van der Waals surface area contributed by atoms with Crippen LogP contribution in [0, 0.1) is 12.7 Å². The largest absolute Gasteiger partial charge is 0.368 e. The smallest absolute Gasteiger partial charge is 0.251 e. The third-order valence-electron chi connectivity index (χ3n) is 4.98. The molecule has 0 bridgehead atoms. The van der Waals surface area contributed by atoms with E-state index in [1.807, 2.05) is 15.9 Å². The van der Waals surface area contributed by atoms with Crippen molar-refractivity contribution < 1.29 is 18.7 Å². The van der Waals surface area contributed by atoms with Crippen LogP contribution in [0.15, 0.2) is 18.2 Å². The van der Waals surface area contributed by atoms with Crippen molar-refractivity contribution in [2.75, 3.05) is 39.3 Å². The van der Waals surface area contributed by atoms with Crippen molar-refractivity contribution in [3.63, 3.8) is 0 Å². The molecule has 0 saturated carbocycles. The Kier molecular flexibility index (Phi) is 6.21. The first-order valence-electron chi connectivity index (χ1n) is 9.17. The highest BCUT2D eigenvalue weighted by Gasteiger charge is 2.30. The summed E-state index contributed by atoms with van der Waals surface area (Å²) in [5, 5.41) is 2.82. The lowest BCUT2D eigenvalue weighted by Gasteiger charge is -2.35. The van der Waals surface area contributed by atoms with Gasteiger partial charge in [-0.05, 0) is 37.0 Å². The number of carbonyl (C=O) groups is 2. The van der Waals surface area contributed by atoms with Gasteiger partial charge in [0.1, 0.15) is 11.9 Å². The summed E-state index contributed by atoms with van der Waals surface area (Å²) in [6.07, 6.45) is 1.47. The van der Waals surface area contributed by atoms with Crippen molar-refractivity contribution in [3.8, 4) is 0 Å². The quantitative estimate of drug-likeness (QED) is 0.850. The second-order valence-electron chi connectivity index (χ2n) is 6.96. The molecule has 6 nitrogen and oxygen atoms in total. The van der Waals surface area contributed by atoms with Gasteiger partial charge in [-0.1, -0.05) is 12.1 Å². The van der Waals surface area contributed by atoms with Crippen molar-refractivity contribution >= 4 is 11.8 Å². The molecule has 0 aliphatic carbocycles. The summed E-state index contributed by atoms with van der Waals surface area (Å²) in [7, 11) is 0. The minimum atomic E-state index is -0.278. The molecular formula is C19H26FN3O3. The lowest BCUT2D eigenvalue weighted by atomic mass is 10.1. The average Bonchev–Trinajstić information content (AvgIpc) is 3.17. The second-order valence-corrected chi connectivity index (χ2v) is 6.96. The van der Waals surface area contributed by atoms with Crippen LogP contribution in [0.1, 0.15) is 24.0 Å². The highest BCUT2D eigenvalue weighted by atomic mass is 19.1. The van der Waals surface area contributed by atoms with Crippen LogP contribution < -0.4 is 5.32 Å². The standard InChI is InChI=1S/C19H26FN3O3/c1-14-4-5-15(11-16(14)20)12-21-18(24)13-22-6-8-23(9-7-22)19(25)17-3-2-10-26-17/h4-5,11,17H,2-3,6-10,12-13H2,1H3,(H,21,24). The van der Waals surface area contributed by atoms with Gasteiger partial charge in [0, 0.05) is 39.3 Å². The van der Waals surface area contributed by atoms with Crippen LogP contribution in [0.3, 0.4) is 0 Å². The van der Waals surface area contributed by atoms with Crippen molar-refractivity contribution in [3.05, 3.63) is 35.1 Å². The number of nitrogens with one attached hydrogen (secondary N) is 1. The maximum Gasteiger partial charge on any atom is 0.251 e. The van der Waals surface area contributed by atoms with Crippen LogP contribution in [-0.2, 0) is 20.9 Å². The van der Waals surface area contributed by atoms with Gasteiger partial charge in [0.05, 0.1) is 6.54 Å². The molecule has 2 fully saturated rings. The number of amides is 2. The fourth-order valence-electron chi connectivity index (χ4n) is 3.31. The van der Waals surface area contributed by atoms with Crippen LogP contribution in [0.25, 0.3) is 0 Å². The summed E-state index contributed by atoms with van der Waals surface area (Å²) in [6.45, 7) is 5.56. The van der Waals surface area contributed by atoms with Crippen LogP contribution >= 0.6 is 0 Å².